The summed E-state index contributed by atoms with van der Waals surface area (Å²) in [5.41, 5.74) is 2.19. The third-order valence-corrected chi connectivity index (χ3v) is 6.99. The molecule has 1 aliphatic heterocycles. The van der Waals surface area contributed by atoms with Gasteiger partial charge in [0.25, 0.3) is 5.91 Å². The van der Waals surface area contributed by atoms with Gasteiger partial charge in [0.15, 0.2) is 11.6 Å². The van der Waals surface area contributed by atoms with Crippen molar-refractivity contribution < 1.29 is 120 Å². The van der Waals surface area contributed by atoms with Crippen molar-refractivity contribution in [2.24, 2.45) is 0 Å². The van der Waals surface area contributed by atoms with Crippen LogP contribution in [0.15, 0.2) is 0 Å². The van der Waals surface area contributed by atoms with Crippen molar-refractivity contribution in [2.75, 3.05) is 0 Å². The van der Waals surface area contributed by atoms with Crippen molar-refractivity contribution in [3.05, 3.63) is 0 Å². The minimum atomic E-state index is -5.00. The quantitative estimate of drug-likeness (QED) is 0.0230. The molecule has 19 heteroatoms. The molecule has 196 valence electrons. The van der Waals surface area contributed by atoms with Gasteiger partial charge in [0.05, 0.1) is 6.42 Å². The van der Waals surface area contributed by atoms with Crippen molar-refractivity contribution in [3.63, 3.8) is 0 Å². The normalized spacial score (nSPS) is 21.5. The Kier molecular flexibility index (Phi) is 17.1. The number of carbonyl (C=O) groups excluding carboxylic acids is 6. The Morgan fingerprint density at radius 1 is 1.00 bits per heavy atom. The Hall–Kier alpha value is -0.440. The van der Waals surface area contributed by atoms with Crippen LogP contribution in [-0.2, 0) is 53.0 Å². The number of ketones is 2. The van der Waals surface area contributed by atoms with Crippen LogP contribution in [0.3, 0.4) is 0 Å². The summed E-state index contributed by atoms with van der Waals surface area (Å²) in [7, 11) is -5.00. The first kappa shape index (κ1) is 36.6. The zero-order valence-electron chi connectivity index (χ0n) is 20.2. The summed E-state index contributed by atoms with van der Waals surface area (Å²) in [5.74, 6) is -5.00. The third kappa shape index (κ3) is 11.3. The Labute approximate surface area is 260 Å². The van der Waals surface area contributed by atoms with Gasteiger partial charge < -0.3 is 14.5 Å². The first-order chi connectivity index (χ1) is 16.5. The summed E-state index contributed by atoms with van der Waals surface area (Å²) >= 11 is 0.367. The number of ether oxygens (including phenoxy) is 1. The number of unbranched alkanes of at least 4 members (excludes halogenated alkanes) is 4. The molecule has 37 heavy (non-hydrogen) atoms. The fourth-order valence-corrected chi connectivity index (χ4v) is 4.70. The predicted molar refractivity (Wildman–Crippen MR) is 108 cm³/mol. The van der Waals surface area contributed by atoms with Crippen molar-refractivity contribution in [1.29, 1.82) is 0 Å². The van der Waals surface area contributed by atoms with Crippen molar-refractivity contribution in [3.8, 4) is 0 Å². The molecule has 0 aromatic rings. The molecule has 3 unspecified atom stereocenters. The van der Waals surface area contributed by atoms with E-state index in [9.17, 15) is 47.0 Å². The summed E-state index contributed by atoms with van der Waals surface area (Å²) in [6.45, 7) is 0. The number of imide groups is 1. The Morgan fingerprint density at radius 2 is 1.59 bits per heavy atom. The van der Waals surface area contributed by atoms with E-state index < -0.39 is 68.4 Å². The molecule has 0 aromatic heterocycles. The van der Waals surface area contributed by atoms with Crippen LogP contribution in [0.5, 0.6) is 0 Å². The van der Waals surface area contributed by atoms with Gasteiger partial charge in [0.1, 0.15) is 20.6 Å². The van der Waals surface area contributed by atoms with E-state index in [0.717, 1.165) is 0 Å². The minimum absolute atomic E-state index is 0. The van der Waals surface area contributed by atoms with Crippen LogP contribution in [0.25, 0.3) is 0 Å². The van der Waals surface area contributed by atoms with Gasteiger partial charge in [-0.05, 0) is 12.8 Å². The van der Waals surface area contributed by atoms with Gasteiger partial charge in [-0.2, -0.15) is 9.34 Å². The van der Waals surface area contributed by atoms with E-state index in [2.05, 4.69) is 14.8 Å². The fraction of sp³-hybridized carbons (Fsp3) is 0.667. The van der Waals surface area contributed by atoms with E-state index in [0.29, 0.717) is 49.2 Å². The standard InChI is InChI=1S/C18H24N2O13S2.2Na/c21-10-8-12(35(28,29)30)16(25)17(10)31-15(24)7-5-3-1-2-4-6-13(22)19-20-14(23)9-11(18(20)26)34-33-32-27;;/h11-12,17,27H,1-9H2,(H,19,22)(H,28,29,30);;/q;2*+1/p-2. The van der Waals surface area contributed by atoms with Gasteiger partial charge in [-0.1, -0.05) is 19.3 Å². The number of hydrogen-bond acceptors (Lipinski definition) is 14. The van der Waals surface area contributed by atoms with Crippen LogP contribution in [0.1, 0.15) is 57.8 Å². The molecule has 1 heterocycles. The number of hydrazine groups is 1. The van der Waals surface area contributed by atoms with Gasteiger partial charge in [0, 0.05) is 31.3 Å². The second-order valence-electron chi connectivity index (χ2n) is 7.72. The van der Waals surface area contributed by atoms with E-state index >= 15 is 0 Å². The van der Waals surface area contributed by atoms with E-state index in [1.54, 1.807) is 0 Å². The average molecular weight is 584 g/mol. The van der Waals surface area contributed by atoms with Crippen LogP contribution in [0, 0.1) is 0 Å². The number of rotatable bonds is 14. The Bertz CT molecular complexity index is 979. The topological polar surface area (TPSA) is 226 Å². The van der Waals surface area contributed by atoms with Crippen LogP contribution in [0.2, 0.25) is 0 Å². The van der Waals surface area contributed by atoms with E-state index in [1.165, 1.54) is 0 Å². The molecule has 2 rings (SSSR count). The number of Topliss-reactive ketones (excluding diaryl/α,β-unsaturated/α-hetero) is 2. The molecule has 1 N–H and O–H groups in total. The van der Waals surface area contributed by atoms with Crippen LogP contribution < -0.4 is 69.8 Å². The van der Waals surface area contributed by atoms with E-state index in [-0.39, 0.29) is 78.4 Å². The maximum Gasteiger partial charge on any atom is 1.00 e. The van der Waals surface area contributed by atoms with Gasteiger partial charge >= 0.3 is 65.1 Å². The molecule has 0 bridgehead atoms. The molecule has 0 radical (unpaired) electrons. The molecule has 1 aliphatic carbocycles. The zero-order valence-corrected chi connectivity index (χ0v) is 25.8. The summed E-state index contributed by atoms with van der Waals surface area (Å²) in [6, 6.07) is 0. The Morgan fingerprint density at radius 3 is 2.16 bits per heavy atom. The summed E-state index contributed by atoms with van der Waals surface area (Å²) < 4.78 is 41.7. The molecule has 15 nitrogen and oxygen atoms in total. The maximum absolute atomic E-state index is 12.0. The number of amides is 3. The smallest absolute Gasteiger partial charge is 0.747 e. The molecule has 0 spiro atoms. The second kappa shape index (κ2) is 17.3. The molecule has 1 saturated heterocycles. The number of nitrogens with zero attached hydrogens (tertiary/aromatic N) is 1. The van der Waals surface area contributed by atoms with Crippen LogP contribution in [-0.4, -0.2) is 69.8 Å². The molecule has 2 fully saturated rings. The Balaban J connectivity index is 0.00000648. The summed E-state index contributed by atoms with van der Waals surface area (Å²) in [4.78, 5) is 71.1. The molecule has 3 amide bonds. The molecule has 1 saturated carbocycles. The SMILES string of the molecule is O=C(CCCCCCCC(=O)OC1C(=O)CC(S(=O)(=O)[O-])C1=O)NN1C(=O)CC(SOO[O-])C1=O.[Na+].[Na+]. The molecule has 3 atom stereocenters. The van der Waals surface area contributed by atoms with E-state index in [4.69, 9.17) is 4.74 Å². The first-order valence-corrected chi connectivity index (χ1v) is 12.7. The third-order valence-electron chi connectivity index (χ3n) is 5.16. The van der Waals surface area contributed by atoms with Gasteiger partial charge in [-0.3, -0.25) is 39.2 Å². The van der Waals surface area contributed by atoms with Crippen molar-refractivity contribution >= 4 is 57.4 Å². The number of nitrogens with one attached hydrogen (secondary N) is 1. The number of hydrogen-bond donors (Lipinski definition) is 1. The fourth-order valence-electron chi connectivity index (χ4n) is 3.40. The molecule has 2 aliphatic rings. The van der Waals surface area contributed by atoms with Gasteiger partial charge in [-0.15, -0.1) is 0 Å². The molecule has 0 aromatic carbocycles. The zero-order chi connectivity index (χ0) is 26.2. The molecular weight excluding hydrogens is 562 g/mol. The molecular formula is C18H22N2Na2O13S2. The number of carbonyl (C=O) groups is 6. The predicted octanol–water partition coefficient (Wildman–Crippen LogP) is -7.88. The minimum Gasteiger partial charge on any atom is -0.747 e. The average Bonchev–Trinajstić information content (AvgIpc) is 3.21. The summed E-state index contributed by atoms with van der Waals surface area (Å²) in [5, 5.41) is 10.5. The van der Waals surface area contributed by atoms with Crippen LogP contribution >= 0.6 is 12.0 Å². The van der Waals surface area contributed by atoms with Gasteiger partial charge in [-0.25, -0.2) is 8.42 Å². The van der Waals surface area contributed by atoms with E-state index in [1.807, 2.05) is 0 Å². The largest absolute Gasteiger partial charge is 1.00 e. The second-order valence-corrected chi connectivity index (χ2v) is 10.2. The monoisotopic (exact) mass is 584 g/mol. The first-order valence-electron chi connectivity index (χ1n) is 10.4. The number of esters is 1. The van der Waals surface area contributed by atoms with Crippen molar-refractivity contribution in [1.82, 2.24) is 10.4 Å². The summed E-state index contributed by atoms with van der Waals surface area (Å²) in [6.07, 6.45) is -0.542. The van der Waals surface area contributed by atoms with Gasteiger partial charge in [0.2, 0.25) is 17.9 Å². The van der Waals surface area contributed by atoms with Crippen molar-refractivity contribution in [2.45, 2.75) is 74.4 Å². The maximum atomic E-state index is 12.0. The van der Waals surface area contributed by atoms with Crippen LogP contribution in [0.4, 0.5) is 0 Å².